The first kappa shape index (κ1) is 21.0. The number of hydrogen-bond donors (Lipinski definition) is 1. The summed E-state index contributed by atoms with van der Waals surface area (Å²) >= 11 is 0. The first-order valence-electron chi connectivity index (χ1n) is 9.32. The third-order valence-corrected chi connectivity index (χ3v) is 4.69. The number of amides is 1. The number of alkyl halides is 3. The van der Waals surface area contributed by atoms with Crippen LogP contribution in [0.3, 0.4) is 0 Å². The van der Waals surface area contributed by atoms with Gasteiger partial charge >= 0.3 is 18.1 Å². The lowest BCUT2D eigenvalue weighted by Crippen LogP contribution is -2.50. The lowest BCUT2D eigenvalue weighted by molar-refractivity contribution is -0.189. The number of hydrogen-bond acceptors (Lipinski definition) is 4. The van der Waals surface area contributed by atoms with Crippen molar-refractivity contribution in [2.24, 2.45) is 0 Å². The van der Waals surface area contributed by atoms with Crippen LogP contribution in [0.4, 0.5) is 13.2 Å². The maximum absolute atomic E-state index is 12.8. The van der Waals surface area contributed by atoms with Crippen LogP contribution in [0.5, 0.6) is 0 Å². The minimum absolute atomic E-state index is 0.163. The van der Waals surface area contributed by atoms with Gasteiger partial charge in [-0.3, -0.25) is 9.59 Å². The molecule has 2 rings (SSSR count). The van der Waals surface area contributed by atoms with Gasteiger partial charge in [0.15, 0.2) is 0 Å². The second kappa shape index (κ2) is 8.15. The molecule has 2 saturated carbocycles. The summed E-state index contributed by atoms with van der Waals surface area (Å²) in [6, 6.07) is -0.415. The largest absolute Gasteiger partial charge is 0.471 e. The van der Waals surface area contributed by atoms with Gasteiger partial charge in [-0.1, -0.05) is 0 Å². The van der Waals surface area contributed by atoms with Crippen LogP contribution in [-0.2, 0) is 14.3 Å². The first-order chi connectivity index (χ1) is 12.0. The van der Waals surface area contributed by atoms with E-state index in [9.17, 15) is 22.8 Å². The Morgan fingerprint density at radius 2 is 1.50 bits per heavy atom. The maximum atomic E-state index is 12.8. The molecule has 5 nitrogen and oxygen atoms in total. The summed E-state index contributed by atoms with van der Waals surface area (Å²) in [6.07, 6.45) is -0.694. The van der Waals surface area contributed by atoms with Crippen molar-refractivity contribution in [2.45, 2.75) is 95.6 Å². The smallest absolute Gasteiger partial charge is 0.460 e. The normalized spacial score (nSPS) is 24.2. The predicted octanol–water partition coefficient (Wildman–Crippen LogP) is 3.17. The van der Waals surface area contributed by atoms with Gasteiger partial charge in [0.05, 0.1) is 6.42 Å². The molecule has 0 aromatic carbocycles. The molecule has 0 radical (unpaired) electrons. The van der Waals surface area contributed by atoms with E-state index in [-0.39, 0.29) is 30.5 Å². The van der Waals surface area contributed by atoms with Gasteiger partial charge in [-0.15, -0.1) is 0 Å². The molecule has 0 aromatic heterocycles. The molecule has 0 bridgehead atoms. The number of ether oxygens (including phenoxy) is 1. The van der Waals surface area contributed by atoms with Crippen LogP contribution >= 0.6 is 0 Å². The van der Waals surface area contributed by atoms with Crippen molar-refractivity contribution in [2.75, 3.05) is 6.54 Å². The van der Waals surface area contributed by atoms with Gasteiger partial charge in [-0.05, 0) is 59.3 Å². The molecule has 0 aliphatic heterocycles. The van der Waals surface area contributed by atoms with Crippen LogP contribution in [0, 0.1) is 0 Å². The van der Waals surface area contributed by atoms with E-state index in [2.05, 4.69) is 5.32 Å². The molecule has 0 unspecified atom stereocenters. The summed E-state index contributed by atoms with van der Waals surface area (Å²) in [4.78, 5) is 24.5. The Balaban J connectivity index is 1.74. The molecule has 2 aliphatic carbocycles. The Hall–Kier alpha value is -1.31. The first-order valence-corrected chi connectivity index (χ1v) is 9.32. The second-order valence-electron chi connectivity index (χ2n) is 8.24. The molecule has 2 fully saturated rings. The molecular weight excluding hydrogens is 349 g/mol. The minimum atomic E-state index is -4.80. The minimum Gasteiger partial charge on any atom is -0.460 e. The Morgan fingerprint density at radius 3 is 1.92 bits per heavy atom. The number of nitrogens with zero attached hydrogens (tertiary/aromatic N) is 1. The number of carbonyl (C=O) groups excluding carboxylic acids is 2. The molecule has 0 atom stereocenters. The lowest BCUT2D eigenvalue weighted by Gasteiger charge is -2.37. The third kappa shape index (κ3) is 6.45. The van der Waals surface area contributed by atoms with Gasteiger partial charge in [0, 0.05) is 24.7 Å². The van der Waals surface area contributed by atoms with Crippen molar-refractivity contribution < 1.29 is 27.5 Å². The number of halogens is 3. The average Bonchev–Trinajstić information content (AvgIpc) is 3.31. The van der Waals surface area contributed by atoms with E-state index in [1.807, 2.05) is 20.8 Å². The number of esters is 1. The highest BCUT2D eigenvalue weighted by Gasteiger charge is 2.49. The lowest BCUT2D eigenvalue weighted by atomic mass is 9.89. The molecule has 1 N–H and O–H groups in total. The fourth-order valence-electron chi connectivity index (χ4n) is 3.46. The Bertz CT molecular complexity index is 505. The van der Waals surface area contributed by atoms with E-state index in [1.165, 1.54) is 0 Å². The standard InChI is InChI=1S/C18H29F3N2O3/c1-17(2,3)26-15(24)10-11-22-12-4-6-13(7-5-12)23(14-8-9-14)16(25)18(19,20)21/h12-14,22H,4-11H2,1-3H3. The monoisotopic (exact) mass is 378 g/mol. The quantitative estimate of drug-likeness (QED) is 0.722. The zero-order chi connectivity index (χ0) is 19.5. The van der Waals surface area contributed by atoms with E-state index < -0.39 is 17.7 Å². The molecule has 8 heteroatoms. The van der Waals surface area contributed by atoms with Crippen molar-refractivity contribution in [3.63, 3.8) is 0 Å². The predicted molar refractivity (Wildman–Crippen MR) is 90.4 cm³/mol. The Labute approximate surface area is 152 Å². The highest BCUT2D eigenvalue weighted by atomic mass is 19.4. The number of nitrogens with one attached hydrogen (secondary N) is 1. The van der Waals surface area contributed by atoms with Crippen LogP contribution in [0.15, 0.2) is 0 Å². The Morgan fingerprint density at radius 1 is 1.00 bits per heavy atom. The molecule has 0 saturated heterocycles. The van der Waals surface area contributed by atoms with Crippen molar-refractivity contribution in [1.82, 2.24) is 10.2 Å². The van der Waals surface area contributed by atoms with Gasteiger partial charge in [0.1, 0.15) is 5.60 Å². The van der Waals surface area contributed by atoms with Crippen molar-refractivity contribution in [3.8, 4) is 0 Å². The van der Waals surface area contributed by atoms with Gasteiger partial charge < -0.3 is 15.0 Å². The summed E-state index contributed by atoms with van der Waals surface area (Å²) < 4.78 is 43.7. The van der Waals surface area contributed by atoms with Gasteiger partial charge in [-0.2, -0.15) is 13.2 Å². The van der Waals surface area contributed by atoms with E-state index in [4.69, 9.17) is 4.74 Å². The zero-order valence-corrected chi connectivity index (χ0v) is 15.7. The van der Waals surface area contributed by atoms with Crippen molar-refractivity contribution >= 4 is 11.9 Å². The summed E-state index contributed by atoms with van der Waals surface area (Å²) in [6.45, 7) is 5.92. The summed E-state index contributed by atoms with van der Waals surface area (Å²) in [7, 11) is 0. The molecule has 2 aliphatic rings. The highest BCUT2D eigenvalue weighted by Crippen LogP contribution is 2.36. The van der Waals surface area contributed by atoms with Crippen LogP contribution in [-0.4, -0.2) is 53.2 Å². The van der Waals surface area contributed by atoms with Gasteiger partial charge in [0.25, 0.3) is 0 Å². The molecule has 26 heavy (non-hydrogen) atoms. The molecule has 1 amide bonds. The molecule has 0 heterocycles. The van der Waals surface area contributed by atoms with E-state index in [1.54, 1.807) is 0 Å². The second-order valence-corrected chi connectivity index (χ2v) is 8.24. The highest BCUT2D eigenvalue weighted by molar-refractivity contribution is 5.82. The fraction of sp³-hybridized carbons (Fsp3) is 0.889. The van der Waals surface area contributed by atoms with Crippen LogP contribution < -0.4 is 5.32 Å². The van der Waals surface area contributed by atoms with E-state index in [0.717, 1.165) is 4.90 Å². The number of carbonyl (C=O) groups is 2. The SMILES string of the molecule is CC(C)(C)OC(=O)CCNC1CCC(N(C(=O)C(F)(F)F)C2CC2)CC1. The summed E-state index contributed by atoms with van der Waals surface area (Å²) in [5, 5.41) is 3.28. The van der Waals surface area contributed by atoms with Gasteiger partial charge in [-0.25, -0.2) is 0 Å². The third-order valence-electron chi connectivity index (χ3n) is 4.69. The van der Waals surface area contributed by atoms with Crippen molar-refractivity contribution in [3.05, 3.63) is 0 Å². The topological polar surface area (TPSA) is 58.6 Å². The number of rotatable bonds is 6. The maximum Gasteiger partial charge on any atom is 0.471 e. The summed E-state index contributed by atoms with van der Waals surface area (Å²) in [5.41, 5.74) is -0.508. The molecular formula is C18H29F3N2O3. The van der Waals surface area contributed by atoms with E-state index >= 15 is 0 Å². The average molecular weight is 378 g/mol. The van der Waals surface area contributed by atoms with E-state index in [0.29, 0.717) is 45.1 Å². The van der Waals surface area contributed by atoms with Crippen molar-refractivity contribution in [1.29, 1.82) is 0 Å². The molecule has 0 spiro atoms. The molecule has 0 aromatic rings. The summed E-state index contributed by atoms with van der Waals surface area (Å²) in [5.74, 6) is -1.96. The van der Waals surface area contributed by atoms with Gasteiger partial charge in [0.2, 0.25) is 0 Å². The zero-order valence-electron chi connectivity index (χ0n) is 15.7. The van der Waals surface area contributed by atoms with Crippen LogP contribution in [0.1, 0.15) is 65.7 Å². The van der Waals surface area contributed by atoms with Crippen LogP contribution in [0.2, 0.25) is 0 Å². The molecule has 150 valence electrons. The van der Waals surface area contributed by atoms with Crippen LogP contribution in [0.25, 0.3) is 0 Å². The fourth-order valence-corrected chi connectivity index (χ4v) is 3.46. The Kier molecular flexibility index (Phi) is 6.58.